The van der Waals surface area contributed by atoms with Crippen LogP contribution in [0, 0.1) is 0 Å². The van der Waals surface area contributed by atoms with Gasteiger partial charge in [0.25, 0.3) is 0 Å². The van der Waals surface area contributed by atoms with Gasteiger partial charge in [-0.2, -0.15) is 0 Å². The third-order valence-corrected chi connectivity index (χ3v) is 5.05. The van der Waals surface area contributed by atoms with E-state index in [2.05, 4.69) is 27.7 Å². The fraction of sp³-hybridized carbons (Fsp3) is 1.00. The van der Waals surface area contributed by atoms with Crippen LogP contribution in [0.4, 0.5) is 0 Å². The molecule has 0 aliphatic rings. The van der Waals surface area contributed by atoms with Gasteiger partial charge >= 0.3 is 0 Å². The van der Waals surface area contributed by atoms with Crippen LogP contribution in [0.1, 0.15) is 85.5 Å². The monoisotopic (exact) mass is 383 g/mol. The van der Waals surface area contributed by atoms with Gasteiger partial charge in [0.15, 0.2) is 0 Å². The van der Waals surface area contributed by atoms with E-state index in [9.17, 15) is 0 Å². The zero-order valence-corrected chi connectivity index (χ0v) is 17.3. The van der Waals surface area contributed by atoms with Crippen LogP contribution >= 0.6 is 11.6 Å². The van der Waals surface area contributed by atoms with Crippen LogP contribution in [0.15, 0.2) is 0 Å². The number of rotatable bonds is 14. The third kappa shape index (κ3) is 12.9. The van der Waals surface area contributed by atoms with Crippen molar-refractivity contribution in [3.63, 3.8) is 0 Å². The minimum Gasteiger partial charge on any atom is -1.00 e. The highest BCUT2D eigenvalue weighted by molar-refractivity contribution is 6.20. The van der Waals surface area contributed by atoms with Crippen molar-refractivity contribution in [2.75, 3.05) is 26.2 Å². The van der Waals surface area contributed by atoms with Gasteiger partial charge in [0.1, 0.15) is 0 Å². The van der Waals surface area contributed by atoms with E-state index in [0.29, 0.717) is 5.38 Å². The van der Waals surface area contributed by atoms with E-state index in [1.165, 1.54) is 82.0 Å². The fourth-order valence-corrected chi connectivity index (χ4v) is 3.10. The molecular formula is C18H39BrClN. The summed E-state index contributed by atoms with van der Waals surface area (Å²) in [5, 5.41) is 0.323. The van der Waals surface area contributed by atoms with Gasteiger partial charge in [-0.25, -0.2) is 0 Å². The van der Waals surface area contributed by atoms with Crippen LogP contribution in [-0.4, -0.2) is 36.0 Å². The lowest BCUT2D eigenvalue weighted by molar-refractivity contribution is -0.925. The van der Waals surface area contributed by atoms with Gasteiger partial charge in [-0.15, -0.1) is 11.6 Å². The number of hydrogen-bond donors (Lipinski definition) is 0. The van der Waals surface area contributed by atoms with E-state index in [-0.39, 0.29) is 17.0 Å². The first-order chi connectivity index (χ1) is 9.60. The van der Waals surface area contributed by atoms with E-state index in [4.69, 9.17) is 11.6 Å². The minimum absolute atomic E-state index is 0. The molecule has 0 saturated heterocycles. The number of quaternary nitrogens is 1. The molecule has 1 unspecified atom stereocenters. The average molecular weight is 385 g/mol. The second-order valence-electron chi connectivity index (χ2n) is 6.47. The lowest BCUT2D eigenvalue weighted by atomic mass is 10.1. The van der Waals surface area contributed by atoms with Crippen molar-refractivity contribution in [2.24, 2.45) is 0 Å². The molecule has 0 aromatic heterocycles. The third-order valence-electron chi connectivity index (χ3n) is 4.83. The molecule has 1 atom stereocenters. The van der Waals surface area contributed by atoms with E-state index >= 15 is 0 Å². The van der Waals surface area contributed by atoms with Crippen molar-refractivity contribution in [1.82, 2.24) is 0 Å². The van der Waals surface area contributed by atoms with Gasteiger partial charge in [-0.1, -0.05) is 45.4 Å². The Bertz CT molecular complexity index is 205. The number of alkyl halides is 1. The first-order valence-electron chi connectivity index (χ1n) is 9.09. The summed E-state index contributed by atoms with van der Waals surface area (Å²) in [7, 11) is 0. The molecule has 0 radical (unpaired) electrons. The maximum Gasteiger partial charge on any atom is 0.0800 e. The minimum atomic E-state index is 0. The molecular weight excluding hydrogens is 346 g/mol. The van der Waals surface area contributed by atoms with Gasteiger partial charge in [-0.05, 0) is 33.6 Å². The smallest absolute Gasteiger partial charge is 0.0800 e. The van der Waals surface area contributed by atoms with Crippen molar-refractivity contribution < 1.29 is 21.5 Å². The molecule has 1 nitrogen and oxygen atoms in total. The van der Waals surface area contributed by atoms with Crippen molar-refractivity contribution in [3.05, 3.63) is 0 Å². The van der Waals surface area contributed by atoms with E-state index in [0.717, 1.165) is 6.42 Å². The van der Waals surface area contributed by atoms with Gasteiger partial charge in [-0.3, -0.25) is 0 Å². The Balaban J connectivity index is 0. The van der Waals surface area contributed by atoms with Gasteiger partial charge in [0.2, 0.25) is 0 Å². The zero-order valence-electron chi connectivity index (χ0n) is 15.0. The van der Waals surface area contributed by atoms with Crippen molar-refractivity contribution >= 4 is 11.6 Å². The number of unbranched alkanes of at least 4 members (excludes halogenated alkanes) is 7. The molecule has 130 valence electrons. The normalized spacial score (nSPS) is 13.0. The van der Waals surface area contributed by atoms with Crippen LogP contribution in [0.2, 0.25) is 0 Å². The summed E-state index contributed by atoms with van der Waals surface area (Å²) >= 11 is 6.13. The Morgan fingerprint density at radius 1 is 0.762 bits per heavy atom. The second-order valence-corrected chi connectivity index (χ2v) is 7.21. The summed E-state index contributed by atoms with van der Waals surface area (Å²) in [5.41, 5.74) is 0. The Morgan fingerprint density at radius 3 is 1.67 bits per heavy atom. The average Bonchev–Trinajstić information content (AvgIpc) is 2.45. The van der Waals surface area contributed by atoms with Gasteiger partial charge in [0.05, 0.1) is 26.2 Å². The number of nitrogens with zero attached hydrogens (tertiary/aromatic N) is 1. The predicted molar refractivity (Wildman–Crippen MR) is 93.6 cm³/mol. The molecule has 0 spiro atoms. The summed E-state index contributed by atoms with van der Waals surface area (Å²) in [6, 6.07) is 0. The second kappa shape index (κ2) is 15.6. The molecule has 3 heteroatoms. The SMILES string of the molecule is CCCCCCCCCC[N+](CC)(CC)CCC(C)Cl.[Br-]. The molecule has 0 N–H and O–H groups in total. The van der Waals surface area contributed by atoms with Crippen molar-refractivity contribution in [3.8, 4) is 0 Å². The Labute approximate surface area is 150 Å². The predicted octanol–water partition coefficient (Wildman–Crippen LogP) is 3.01. The summed E-state index contributed by atoms with van der Waals surface area (Å²) < 4.78 is 1.27. The summed E-state index contributed by atoms with van der Waals surface area (Å²) in [6.07, 6.45) is 12.5. The van der Waals surface area contributed by atoms with Crippen LogP contribution in [0.25, 0.3) is 0 Å². The number of hydrogen-bond acceptors (Lipinski definition) is 0. The fourth-order valence-electron chi connectivity index (χ4n) is 3.00. The lowest BCUT2D eigenvalue weighted by Gasteiger charge is -2.37. The highest BCUT2D eigenvalue weighted by Crippen LogP contribution is 2.15. The van der Waals surface area contributed by atoms with Gasteiger partial charge < -0.3 is 21.5 Å². The first-order valence-corrected chi connectivity index (χ1v) is 9.53. The molecule has 21 heavy (non-hydrogen) atoms. The summed E-state index contributed by atoms with van der Waals surface area (Å²) in [4.78, 5) is 0. The molecule has 0 fully saturated rings. The van der Waals surface area contributed by atoms with Crippen molar-refractivity contribution in [1.29, 1.82) is 0 Å². The Morgan fingerprint density at radius 2 is 1.24 bits per heavy atom. The Hall–Kier alpha value is 0.730. The Kier molecular flexibility index (Phi) is 17.8. The van der Waals surface area contributed by atoms with E-state index < -0.39 is 0 Å². The highest BCUT2D eigenvalue weighted by Gasteiger charge is 2.22. The molecule has 0 heterocycles. The molecule has 0 aromatic carbocycles. The van der Waals surface area contributed by atoms with Crippen molar-refractivity contribution in [2.45, 2.75) is 90.9 Å². The largest absolute Gasteiger partial charge is 1.00 e. The van der Waals surface area contributed by atoms with Crippen LogP contribution in [0.3, 0.4) is 0 Å². The molecule has 0 amide bonds. The van der Waals surface area contributed by atoms with E-state index in [1.807, 2.05) is 0 Å². The quantitative estimate of drug-likeness (QED) is 0.245. The molecule has 0 rings (SSSR count). The molecule has 0 aliphatic heterocycles. The van der Waals surface area contributed by atoms with Crippen LogP contribution in [0.5, 0.6) is 0 Å². The maximum absolute atomic E-state index is 6.13. The molecule has 0 saturated carbocycles. The molecule has 0 aromatic rings. The zero-order chi connectivity index (χ0) is 15.3. The maximum atomic E-state index is 6.13. The number of halogens is 2. The summed E-state index contributed by atoms with van der Waals surface area (Å²) in [6.45, 7) is 14.2. The van der Waals surface area contributed by atoms with Crippen LogP contribution < -0.4 is 17.0 Å². The first kappa shape index (κ1) is 24.0. The lowest BCUT2D eigenvalue weighted by Crippen LogP contribution is -3.00. The molecule has 0 aliphatic carbocycles. The molecule has 0 bridgehead atoms. The highest BCUT2D eigenvalue weighted by atomic mass is 79.9. The van der Waals surface area contributed by atoms with E-state index in [1.54, 1.807) is 0 Å². The van der Waals surface area contributed by atoms with Crippen LogP contribution in [-0.2, 0) is 0 Å². The standard InChI is InChI=1S/C18H39ClN.BrH/c1-5-8-9-10-11-12-13-14-16-20(6-2,7-3)17-15-18(4)19;/h18H,5-17H2,1-4H3;1H/q+1;/p-1. The topological polar surface area (TPSA) is 0 Å². The van der Waals surface area contributed by atoms with Gasteiger partial charge in [0, 0.05) is 11.8 Å². The summed E-state index contributed by atoms with van der Waals surface area (Å²) in [5.74, 6) is 0.